The van der Waals surface area contributed by atoms with Gasteiger partial charge in [0.1, 0.15) is 0 Å². The van der Waals surface area contributed by atoms with Gasteiger partial charge in [0.05, 0.1) is 18.4 Å². The highest BCUT2D eigenvalue weighted by molar-refractivity contribution is 7.92. The lowest BCUT2D eigenvalue weighted by atomic mass is 10.2. The number of hydrogen-bond acceptors (Lipinski definition) is 6. The predicted molar refractivity (Wildman–Crippen MR) is 85.7 cm³/mol. The Bertz CT molecular complexity index is 656. The molecule has 7 nitrogen and oxygen atoms in total. The lowest BCUT2D eigenvalue weighted by molar-refractivity contribution is -0.153. The first-order chi connectivity index (χ1) is 10.7. The summed E-state index contributed by atoms with van der Waals surface area (Å²) in [5, 5.41) is 0. The van der Waals surface area contributed by atoms with Gasteiger partial charge in [0.15, 0.2) is 6.10 Å². The topological polar surface area (TPSA) is 98.8 Å². The van der Waals surface area contributed by atoms with Gasteiger partial charge in [-0.15, -0.1) is 0 Å². The second-order valence-electron chi connectivity index (χ2n) is 5.02. The molecule has 0 aliphatic rings. The highest BCUT2D eigenvalue weighted by atomic mass is 32.2. The van der Waals surface area contributed by atoms with Gasteiger partial charge in [0.2, 0.25) is 10.0 Å². The van der Waals surface area contributed by atoms with Crippen LogP contribution in [0.3, 0.4) is 0 Å². The molecule has 0 heterocycles. The van der Waals surface area contributed by atoms with E-state index in [0.29, 0.717) is 0 Å². The first-order valence-electron chi connectivity index (χ1n) is 7.18. The smallest absolute Gasteiger partial charge is 0.347 e. The number of rotatable bonds is 8. The summed E-state index contributed by atoms with van der Waals surface area (Å²) in [6, 6.07) is 5.80. The maximum absolute atomic E-state index is 12.0. The van der Waals surface area contributed by atoms with Gasteiger partial charge in [0.25, 0.3) is 0 Å². The fourth-order valence-electron chi connectivity index (χ4n) is 1.63. The molecule has 1 atom stereocenters. The molecule has 1 rings (SSSR count). The van der Waals surface area contributed by atoms with E-state index in [1.807, 2.05) is 6.92 Å². The average Bonchev–Trinajstić information content (AvgIpc) is 2.45. The second-order valence-corrected chi connectivity index (χ2v) is 6.77. The van der Waals surface area contributed by atoms with E-state index in [9.17, 15) is 18.0 Å². The van der Waals surface area contributed by atoms with Gasteiger partial charge in [-0.3, -0.25) is 4.72 Å². The summed E-state index contributed by atoms with van der Waals surface area (Å²) in [7, 11) is -3.45. The van der Waals surface area contributed by atoms with Crippen LogP contribution in [0.25, 0.3) is 0 Å². The number of benzene rings is 1. The number of anilines is 1. The van der Waals surface area contributed by atoms with E-state index in [1.165, 1.54) is 31.2 Å². The van der Waals surface area contributed by atoms with E-state index in [-0.39, 0.29) is 17.9 Å². The Balaban J connectivity index is 2.67. The third-order valence-electron chi connectivity index (χ3n) is 2.76. The Morgan fingerprint density at radius 2 is 2.00 bits per heavy atom. The molecule has 0 saturated heterocycles. The summed E-state index contributed by atoms with van der Waals surface area (Å²) in [4.78, 5) is 23.6. The molecule has 128 valence electrons. The maximum atomic E-state index is 12.0. The summed E-state index contributed by atoms with van der Waals surface area (Å²) in [6.45, 7) is 3.67. The SMILES string of the molecule is CCCCOC(=O)C(C)OC(=O)c1cccc(NS(C)(=O)=O)c1. The van der Waals surface area contributed by atoms with Gasteiger partial charge in [0, 0.05) is 5.69 Å². The van der Waals surface area contributed by atoms with Gasteiger partial charge in [-0.25, -0.2) is 18.0 Å². The zero-order valence-electron chi connectivity index (χ0n) is 13.4. The molecule has 1 unspecified atom stereocenters. The van der Waals surface area contributed by atoms with Crippen LogP contribution in [0, 0.1) is 0 Å². The van der Waals surface area contributed by atoms with Crippen LogP contribution in [0.4, 0.5) is 5.69 Å². The largest absolute Gasteiger partial charge is 0.463 e. The van der Waals surface area contributed by atoms with Gasteiger partial charge in [-0.1, -0.05) is 19.4 Å². The van der Waals surface area contributed by atoms with Crippen molar-refractivity contribution in [3.8, 4) is 0 Å². The molecule has 0 spiro atoms. The molecule has 23 heavy (non-hydrogen) atoms. The third-order valence-corrected chi connectivity index (χ3v) is 3.37. The van der Waals surface area contributed by atoms with E-state index in [0.717, 1.165) is 19.1 Å². The Labute approximate surface area is 136 Å². The van der Waals surface area contributed by atoms with Crippen molar-refractivity contribution in [2.75, 3.05) is 17.6 Å². The highest BCUT2D eigenvalue weighted by Crippen LogP contribution is 2.14. The van der Waals surface area contributed by atoms with Gasteiger partial charge < -0.3 is 9.47 Å². The van der Waals surface area contributed by atoms with Crippen molar-refractivity contribution in [1.29, 1.82) is 0 Å². The van der Waals surface area contributed by atoms with Crippen molar-refractivity contribution in [3.63, 3.8) is 0 Å². The molecule has 0 aliphatic carbocycles. The number of carbonyl (C=O) groups excluding carboxylic acids is 2. The van der Waals surface area contributed by atoms with Crippen LogP contribution in [0.2, 0.25) is 0 Å². The van der Waals surface area contributed by atoms with E-state index >= 15 is 0 Å². The molecule has 1 aromatic rings. The predicted octanol–water partition coefficient (Wildman–Crippen LogP) is 1.95. The van der Waals surface area contributed by atoms with E-state index in [4.69, 9.17) is 9.47 Å². The number of sulfonamides is 1. The first kappa shape index (κ1) is 19.0. The van der Waals surface area contributed by atoms with Crippen molar-refractivity contribution < 1.29 is 27.5 Å². The number of unbranched alkanes of at least 4 members (excludes halogenated alkanes) is 1. The summed E-state index contributed by atoms with van der Waals surface area (Å²) in [6.07, 6.45) is 1.60. The zero-order chi connectivity index (χ0) is 17.5. The number of nitrogens with one attached hydrogen (secondary N) is 1. The van der Waals surface area contributed by atoms with Crippen LogP contribution < -0.4 is 4.72 Å². The van der Waals surface area contributed by atoms with Crippen LogP contribution in [0.5, 0.6) is 0 Å². The third kappa shape index (κ3) is 7.14. The van der Waals surface area contributed by atoms with E-state index < -0.39 is 28.1 Å². The minimum atomic E-state index is -3.45. The van der Waals surface area contributed by atoms with Crippen LogP contribution >= 0.6 is 0 Å². The van der Waals surface area contributed by atoms with Crippen molar-refractivity contribution in [1.82, 2.24) is 0 Å². The molecule has 1 aromatic carbocycles. The Morgan fingerprint density at radius 3 is 2.61 bits per heavy atom. The molecule has 8 heteroatoms. The molecule has 0 radical (unpaired) electrons. The summed E-state index contributed by atoms with van der Waals surface area (Å²) in [5.41, 5.74) is 0.368. The quantitative estimate of drug-likeness (QED) is 0.572. The molecule has 0 bridgehead atoms. The van der Waals surface area contributed by atoms with Crippen molar-refractivity contribution in [2.24, 2.45) is 0 Å². The van der Waals surface area contributed by atoms with Crippen molar-refractivity contribution in [3.05, 3.63) is 29.8 Å². The van der Waals surface area contributed by atoms with Crippen molar-refractivity contribution in [2.45, 2.75) is 32.8 Å². The number of hydrogen-bond donors (Lipinski definition) is 1. The average molecular weight is 343 g/mol. The van der Waals surface area contributed by atoms with Crippen LogP contribution in [0.15, 0.2) is 24.3 Å². The van der Waals surface area contributed by atoms with Crippen LogP contribution in [0.1, 0.15) is 37.0 Å². The molecule has 0 amide bonds. The molecule has 0 saturated carbocycles. The van der Waals surface area contributed by atoms with Gasteiger partial charge in [-0.05, 0) is 31.5 Å². The summed E-state index contributed by atoms with van der Waals surface area (Å²) < 4.78 is 34.6. The van der Waals surface area contributed by atoms with Gasteiger partial charge >= 0.3 is 11.9 Å². The molecule has 0 aliphatic heterocycles. The maximum Gasteiger partial charge on any atom is 0.347 e. The first-order valence-corrected chi connectivity index (χ1v) is 9.07. The van der Waals surface area contributed by atoms with E-state index in [2.05, 4.69) is 4.72 Å². The fraction of sp³-hybridized carbons (Fsp3) is 0.467. The minimum absolute atomic E-state index is 0.131. The van der Waals surface area contributed by atoms with Crippen LogP contribution in [-0.4, -0.2) is 39.3 Å². The molecule has 1 N–H and O–H groups in total. The Hall–Kier alpha value is -2.09. The fourth-order valence-corrected chi connectivity index (χ4v) is 2.19. The minimum Gasteiger partial charge on any atom is -0.463 e. The Kier molecular flexibility index (Phi) is 7.02. The zero-order valence-corrected chi connectivity index (χ0v) is 14.2. The highest BCUT2D eigenvalue weighted by Gasteiger charge is 2.20. The molecule has 0 fully saturated rings. The standard InChI is InChI=1S/C15H21NO6S/c1-4-5-9-21-14(17)11(2)22-15(18)12-7-6-8-13(10-12)16-23(3,19)20/h6-8,10-11,16H,4-5,9H2,1-3H3. The second kappa shape index (κ2) is 8.52. The molecular weight excluding hydrogens is 322 g/mol. The summed E-state index contributed by atoms with van der Waals surface area (Å²) >= 11 is 0. The molecule has 0 aromatic heterocycles. The number of ether oxygens (including phenoxy) is 2. The van der Waals surface area contributed by atoms with E-state index in [1.54, 1.807) is 0 Å². The Morgan fingerprint density at radius 1 is 1.30 bits per heavy atom. The normalized spacial score (nSPS) is 12.3. The number of carbonyl (C=O) groups is 2. The lowest BCUT2D eigenvalue weighted by Crippen LogP contribution is -2.26. The van der Waals surface area contributed by atoms with Crippen LogP contribution in [-0.2, 0) is 24.3 Å². The lowest BCUT2D eigenvalue weighted by Gasteiger charge is -2.13. The monoisotopic (exact) mass is 343 g/mol. The molecular formula is C15H21NO6S. The van der Waals surface area contributed by atoms with Crippen molar-refractivity contribution >= 4 is 27.6 Å². The number of esters is 2. The van der Waals surface area contributed by atoms with Gasteiger partial charge in [-0.2, -0.15) is 0 Å². The summed E-state index contributed by atoms with van der Waals surface area (Å²) in [5.74, 6) is -1.35.